The number of ketones is 1. The summed E-state index contributed by atoms with van der Waals surface area (Å²) in [5.74, 6) is 0.427. The molecule has 10 nitrogen and oxygen atoms in total. The maximum Gasteiger partial charge on any atom is 0.315 e. The van der Waals surface area contributed by atoms with Crippen LogP contribution in [0.15, 0.2) is 0 Å². The van der Waals surface area contributed by atoms with E-state index in [-0.39, 0.29) is 36.7 Å². The van der Waals surface area contributed by atoms with E-state index < -0.39 is 5.60 Å². The topological polar surface area (TPSA) is 127 Å². The van der Waals surface area contributed by atoms with E-state index in [1.165, 1.54) is 276 Å². The minimum Gasteiger partial charge on any atom is -0.378 e. The van der Waals surface area contributed by atoms with E-state index in [1.807, 2.05) is 13.8 Å². The zero-order valence-corrected chi connectivity index (χ0v) is 56.9. The van der Waals surface area contributed by atoms with Crippen LogP contribution >= 0.6 is 0 Å². The summed E-state index contributed by atoms with van der Waals surface area (Å²) in [6, 6.07) is -0.751. The van der Waals surface area contributed by atoms with Crippen LogP contribution in [0.5, 0.6) is 0 Å². The van der Waals surface area contributed by atoms with Crippen molar-refractivity contribution in [2.24, 2.45) is 5.92 Å². The Morgan fingerprint density at radius 2 is 0.602 bits per heavy atom. The summed E-state index contributed by atoms with van der Waals surface area (Å²) < 4.78 is 19.3. The van der Waals surface area contributed by atoms with Gasteiger partial charge in [-0.05, 0) is 45.4 Å². The van der Waals surface area contributed by atoms with Gasteiger partial charge in [0.05, 0.1) is 38.5 Å². The van der Waals surface area contributed by atoms with E-state index in [0.717, 1.165) is 38.5 Å². The molecule has 4 unspecified atom stereocenters. The molecule has 0 saturated carbocycles. The molecular formula is C73H146N4O6. The highest BCUT2D eigenvalue weighted by Gasteiger charge is 2.32. The number of Topliss-reactive ketones (excluding diaryl/α,β-unsaturated/α-hetero) is 1. The summed E-state index contributed by atoms with van der Waals surface area (Å²) in [4.78, 5) is 38.7. The number of carbonyl (C=O) groups excluding carboxylic acids is 3. The molecule has 4 N–H and O–H groups in total. The normalized spacial score (nSPS) is 13.4. The summed E-state index contributed by atoms with van der Waals surface area (Å²) >= 11 is 0. The molecule has 0 aromatic carbocycles. The van der Waals surface area contributed by atoms with Crippen LogP contribution in [0.4, 0.5) is 9.59 Å². The van der Waals surface area contributed by atoms with Crippen LogP contribution in [0.3, 0.4) is 0 Å². The summed E-state index contributed by atoms with van der Waals surface area (Å²) in [5.41, 5.74) is -0.758. The molecule has 83 heavy (non-hydrogen) atoms. The van der Waals surface area contributed by atoms with Gasteiger partial charge in [0.25, 0.3) is 0 Å². The quantitative estimate of drug-likeness (QED) is 0.0449. The van der Waals surface area contributed by atoms with Crippen molar-refractivity contribution in [3.8, 4) is 0 Å². The number of unbranched alkanes of at least 4 members (excludes halogenated alkanes) is 46. The molecule has 0 saturated heterocycles. The Balaban J connectivity index is 4.70. The van der Waals surface area contributed by atoms with Crippen molar-refractivity contribution < 1.29 is 28.6 Å². The zero-order chi connectivity index (χ0) is 60.6. The van der Waals surface area contributed by atoms with E-state index in [4.69, 9.17) is 14.2 Å². The SMILES string of the molecule is CCCCCCCCCCCCCCCCCCCC(=O)CC(C)COCC(CC)(COCC(C)NC(=O)NCCCCCCCCCCCCCCCCCC)OCC(C)NC(=O)NCCCCCCCCCCCCCCCCCC. The molecule has 0 fully saturated rings. The molecule has 0 aliphatic carbocycles. The summed E-state index contributed by atoms with van der Waals surface area (Å²) in [7, 11) is 0. The van der Waals surface area contributed by atoms with Crippen molar-refractivity contribution in [1.29, 1.82) is 0 Å². The number of rotatable bonds is 68. The number of urea groups is 2. The number of hydrogen-bond acceptors (Lipinski definition) is 6. The molecular weight excluding hydrogens is 1030 g/mol. The Morgan fingerprint density at radius 3 is 0.904 bits per heavy atom. The van der Waals surface area contributed by atoms with E-state index in [9.17, 15) is 14.4 Å². The molecule has 0 heterocycles. The minimum atomic E-state index is -0.758. The first-order valence-corrected chi connectivity index (χ1v) is 37.0. The second-order valence-electron chi connectivity index (χ2n) is 26.3. The van der Waals surface area contributed by atoms with Crippen LogP contribution in [0.25, 0.3) is 0 Å². The third-order valence-electron chi connectivity index (χ3n) is 17.3. The van der Waals surface area contributed by atoms with Gasteiger partial charge in [-0.25, -0.2) is 9.59 Å². The predicted molar refractivity (Wildman–Crippen MR) is 359 cm³/mol. The largest absolute Gasteiger partial charge is 0.378 e. The molecule has 4 atom stereocenters. The standard InChI is InChI=1S/C73H146N4O6/c1-8-12-15-18-21-24-27-30-33-36-37-40-43-46-49-52-55-58-70(78)61-67(5)62-81-65-73(11-4,83-64-69(7)77-72(80)75-60-57-54-51-48-45-42-39-35-32-29-26-23-20-17-14-10-3)66-82-63-68(6)76-71(79)74-59-56-53-50-47-44-41-38-34-31-28-25-22-19-16-13-9-2/h67-69H,8-66H2,1-7H3,(H2,74,76,79)(H2,75,77,80). The van der Waals surface area contributed by atoms with Crippen molar-refractivity contribution >= 4 is 17.8 Å². The number of amides is 4. The number of hydrogen-bond donors (Lipinski definition) is 4. The molecule has 0 rings (SSSR count). The van der Waals surface area contributed by atoms with E-state index in [0.29, 0.717) is 64.6 Å². The fourth-order valence-corrected chi connectivity index (χ4v) is 11.6. The van der Waals surface area contributed by atoms with Crippen LogP contribution in [0.2, 0.25) is 0 Å². The second-order valence-corrected chi connectivity index (χ2v) is 26.3. The van der Waals surface area contributed by atoms with Gasteiger partial charge in [0, 0.05) is 32.5 Å². The molecule has 10 heteroatoms. The van der Waals surface area contributed by atoms with Crippen LogP contribution in [-0.2, 0) is 19.0 Å². The van der Waals surface area contributed by atoms with Crippen molar-refractivity contribution in [1.82, 2.24) is 21.3 Å². The van der Waals surface area contributed by atoms with Crippen molar-refractivity contribution in [3.05, 3.63) is 0 Å². The number of ether oxygens (including phenoxy) is 3. The predicted octanol–water partition coefficient (Wildman–Crippen LogP) is 21.7. The summed E-state index contributed by atoms with van der Waals surface area (Å²) in [5, 5.41) is 12.2. The summed E-state index contributed by atoms with van der Waals surface area (Å²) in [6.07, 6.45) is 67.1. The Bertz CT molecular complexity index is 1290. The van der Waals surface area contributed by atoms with Crippen LogP contribution < -0.4 is 21.3 Å². The number of carbonyl (C=O) groups is 3. The third-order valence-corrected chi connectivity index (χ3v) is 17.3. The fourth-order valence-electron chi connectivity index (χ4n) is 11.6. The first-order chi connectivity index (χ1) is 40.6. The van der Waals surface area contributed by atoms with Gasteiger partial charge in [0.15, 0.2) is 0 Å². The van der Waals surface area contributed by atoms with Crippen molar-refractivity contribution in [3.63, 3.8) is 0 Å². The fraction of sp³-hybridized carbons (Fsp3) is 0.959. The lowest BCUT2D eigenvalue weighted by Crippen LogP contribution is -2.49. The molecule has 494 valence electrons. The van der Waals surface area contributed by atoms with Gasteiger partial charge in [0.1, 0.15) is 11.4 Å². The molecule has 4 amide bonds. The van der Waals surface area contributed by atoms with Gasteiger partial charge in [-0.3, -0.25) is 4.79 Å². The van der Waals surface area contributed by atoms with Crippen molar-refractivity contribution in [2.75, 3.05) is 46.1 Å². The maximum absolute atomic E-state index is 13.0. The Morgan fingerprint density at radius 1 is 0.337 bits per heavy atom. The first kappa shape index (κ1) is 81.1. The van der Waals surface area contributed by atoms with Crippen molar-refractivity contribution in [2.45, 2.75) is 400 Å². The van der Waals surface area contributed by atoms with Crippen LogP contribution in [0, 0.1) is 5.92 Å². The average Bonchev–Trinajstić information content (AvgIpc) is 3.56. The molecule has 0 aliphatic rings. The molecule has 0 aromatic heterocycles. The highest BCUT2D eigenvalue weighted by atomic mass is 16.6. The lowest BCUT2D eigenvalue weighted by molar-refractivity contribution is -0.145. The monoisotopic (exact) mass is 1180 g/mol. The smallest absolute Gasteiger partial charge is 0.315 e. The Hall–Kier alpha value is -1.91. The Labute approximate surface area is 517 Å². The third kappa shape index (κ3) is 60.2. The zero-order valence-electron chi connectivity index (χ0n) is 56.9. The van der Waals surface area contributed by atoms with E-state index >= 15 is 0 Å². The second kappa shape index (κ2) is 64.6. The van der Waals surface area contributed by atoms with E-state index in [2.05, 4.69) is 55.9 Å². The van der Waals surface area contributed by atoms with Gasteiger partial charge in [0.2, 0.25) is 0 Å². The molecule has 0 aliphatic heterocycles. The minimum absolute atomic E-state index is 0.101. The van der Waals surface area contributed by atoms with Gasteiger partial charge in [-0.15, -0.1) is 0 Å². The highest BCUT2D eigenvalue weighted by molar-refractivity contribution is 5.78. The first-order valence-electron chi connectivity index (χ1n) is 37.0. The summed E-state index contributed by atoms with van der Waals surface area (Å²) in [6.45, 7) is 18.0. The average molecular weight is 1180 g/mol. The Kier molecular flexibility index (Phi) is 63.1. The van der Waals surface area contributed by atoms with E-state index in [1.54, 1.807) is 0 Å². The maximum atomic E-state index is 13.0. The molecule has 0 spiro atoms. The molecule has 0 radical (unpaired) electrons. The molecule has 0 bridgehead atoms. The van der Waals surface area contributed by atoms with Gasteiger partial charge < -0.3 is 35.5 Å². The van der Waals surface area contributed by atoms with Crippen LogP contribution in [0.1, 0.15) is 382 Å². The lowest BCUT2D eigenvalue weighted by Gasteiger charge is -2.34. The van der Waals surface area contributed by atoms with Gasteiger partial charge in [-0.1, -0.05) is 330 Å². The lowest BCUT2D eigenvalue weighted by atomic mass is 10.00. The van der Waals surface area contributed by atoms with Gasteiger partial charge >= 0.3 is 12.1 Å². The number of nitrogens with one attached hydrogen (secondary N) is 4. The highest BCUT2D eigenvalue weighted by Crippen LogP contribution is 2.22. The van der Waals surface area contributed by atoms with Crippen LogP contribution in [-0.4, -0.2) is 81.7 Å². The van der Waals surface area contributed by atoms with Gasteiger partial charge in [-0.2, -0.15) is 0 Å². The molecule has 0 aromatic rings.